The lowest BCUT2D eigenvalue weighted by molar-refractivity contribution is -0.137. The summed E-state index contributed by atoms with van der Waals surface area (Å²) < 4.78 is 10.6. The summed E-state index contributed by atoms with van der Waals surface area (Å²) >= 11 is 0. The van der Waals surface area contributed by atoms with Crippen LogP contribution in [0.1, 0.15) is 30.1 Å². The van der Waals surface area contributed by atoms with Gasteiger partial charge in [-0.05, 0) is 57.6 Å². The Bertz CT molecular complexity index is 498. The zero-order chi connectivity index (χ0) is 15.2. The molecule has 1 aliphatic rings. The van der Waals surface area contributed by atoms with Gasteiger partial charge in [-0.25, -0.2) is 4.79 Å². The standard InChI is InChI=1S/C16H21NO4/c1-3-20-16(19)15(18)12-6-8-13(9-7-12)21-14-5-4-10-17(2)11-14/h6-9,14H,3-5,10-11H2,1-2H3. The Morgan fingerprint density at radius 2 is 2.00 bits per heavy atom. The molecule has 1 unspecified atom stereocenters. The fourth-order valence-electron chi connectivity index (χ4n) is 2.41. The van der Waals surface area contributed by atoms with Crippen LogP contribution < -0.4 is 4.74 Å². The molecule has 0 amide bonds. The summed E-state index contributed by atoms with van der Waals surface area (Å²) in [5, 5.41) is 0. The Hall–Kier alpha value is -1.88. The van der Waals surface area contributed by atoms with Crippen LogP contribution in [0.5, 0.6) is 5.75 Å². The van der Waals surface area contributed by atoms with E-state index < -0.39 is 11.8 Å². The first kappa shape index (κ1) is 15.5. The van der Waals surface area contributed by atoms with Gasteiger partial charge in [0.2, 0.25) is 0 Å². The molecule has 0 bridgehead atoms. The average Bonchev–Trinajstić information content (AvgIpc) is 2.47. The highest BCUT2D eigenvalue weighted by Crippen LogP contribution is 2.19. The van der Waals surface area contributed by atoms with Crippen molar-refractivity contribution in [2.24, 2.45) is 0 Å². The van der Waals surface area contributed by atoms with Crippen LogP contribution in [0, 0.1) is 0 Å². The summed E-state index contributed by atoms with van der Waals surface area (Å²) in [6.07, 6.45) is 2.34. The van der Waals surface area contributed by atoms with Gasteiger partial charge in [-0.15, -0.1) is 0 Å². The minimum Gasteiger partial charge on any atom is -0.489 e. The fourth-order valence-corrected chi connectivity index (χ4v) is 2.41. The van der Waals surface area contributed by atoms with Crippen LogP contribution in [0.25, 0.3) is 0 Å². The number of ketones is 1. The van der Waals surface area contributed by atoms with Gasteiger partial charge in [0.1, 0.15) is 11.9 Å². The second-order valence-electron chi connectivity index (χ2n) is 5.22. The van der Waals surface area contributed by atoms with E-state index in [4.69, 9.17) is 9.47 Å². The van der Waals surface area contributed by atoms with Crippen molar-refractivity contribution in [1.29, 1.82) is 0 Å². The molecule has 2 rings (SSSR count). The van der Waals surface area contributed by atoms with E-state index in [9.17, 15) is 9.59 Å². The van der Waals surface area contributed by atoms with Crippen molar-refractivity contribution in [3.63, 3.8) is 0 Å². The van der Waals surface area contributed by atoms with Crippen molar-refractivity contribution >= 4 is 11.8 Å². The number of hydrogen-bond acceptors (Lipinski definition) is 5. The van der Waals surface area contributed by atoms with Crippen LogP contribution in [-0.2, 0) is 9.53 Å². The van der Waals surface area contributed by atoms with Gasteiger partial charge in [-0.2, -0.15) is 0 Å². The lowest BCUT2D eigenvalue weighted by atomic mass is 10.1. The first-order valence-electron chi connectivity index (χ1n) is 7.27. The molecular formula is C16H21NO4. The number of ether oxygens (including phenoxy) is 2. The van der Waals surface area contributed by atoms with Crippen molar-refractivity contribution in [3.8, 4) is 5.75 Å². The number of rotatable bonds is 5. The van der Waals surface area contributed by atoms with E-state index in [1.54, 1.807) is 31.2 Å². The summed E-state index contributed by atoms with van der Waals surface area (Å²) in [5.41, 5.74) is 0.321. The Balaban J connectivity index is 1.95. The number of esters is 1. The Morgan fingerprint density at radius 1 is 1.29 bits per heavy atom. The van der Waals surface area contributed by atoms with Crippen molar-refractivity contribution in [2.45, 2.75) is 25.9 Å². The van der Waals surface area contributed by atoms with Gasteiger partial charge in [0, 0.05) is 12.1 Å². The van der Waals surface area contributed by atoms with E-state index in [2.05, 4.69) is 11.9 Å². The topological polar surface area (TPSA) is 55.8 Å². The number of carbonyl (C=O) groups is 2. The van der Waals surface area contributed by atoms with Gasteiger partial charge < -0.3 is 14.4 Å². The molecule has 0 aliphatic carbocycles. The molecule has 1 aliphatic heterocycles. The van der Waals surface area contributed by atoms with Crippen LogP contribution in [0.2, 0.25) is 0 Å². The number of benzene rings is 1. The summed E-state index contributed by atoms with van der Waals surface area (Å²) in [4.78, 5) is 25.4. The molecule has 1 aromatic carbocycles. The average molecular weight is 291 g/mol. The predicted molar refractivity (Wildman–Crippen MR) is 78.6 cm³/mol. The first-order valence-corrected chi connectivity index (χ1v) is 7.27. The van der Waals surface area contributed by atoms with Crippen LogP contribution in [0.4, 0.5) is 0 Å². The number of piperidine rings is 1. The third-order valence-electron chi connectivity index (χ3n) is 3.46. The van der Waals surface area contributed by atoms with E-state index in [0.717, 1.165) is 31.7 Å². The third kappa shape index (κ3) is 4.29. The van der Waals surface area contributed by atoms with E-state index in [1.807, 2.05) is 0 Å². The third-order valence-corrected chi connectivity index (χ3v) is 3.46. The van der Waals surface area contributed by atoms with E-state index in [-0.39, 0.29) is 12.7 Å². The molecule has 0 aromatic heterocycles. The number of carbonyl (C=O) groups excluding carboxylic acids is 2. The molecule has 0 spiro atoms. The smallest absolute Gasteiger partial charge is 0.379 e. The van der Waals surface area contributed by atoms with Crippen LogP contribution in [0.15, 0.2) is 24.3 Å². The monoisotopic (exact) mass is 291 g/mol. The summed E-state index contributed by atoms with van der Waals surface area (Å²) in [7, 11) is 2.08. The molecule has 1 heterocycles. The molecule has 0 saturated carbocycles. The summed E-state index contributed by atoms with van der Waals surface area (Å²) in [5.74, 6) is -0.725. The molecule has 5 nitrogen and oxygen atoms in total. The van der Waals surface area contributed by atoms with Crippen molar-refractivity contribution < 1.29 is 19.1 Å². The van der Waals surface area contributed by atoms with Crippen LogP contribution >= 0.6 is 0 Å². The fraction of sp³-hybridized carbons (Fsp3) is 0.500. The van der Waals surface area contributed by atoms with Gasteiger partial charge in [-0.3, -0.25) is 4.79 Å². The van der Waals surface area contributed by atoms with Gasteiger partial charge >= 0.3 is 5.97 Å². The SMILES string of the molecule is CCOC(=O)C(=O)c1ccc(OC2CCCN(C)C2)cc1. The van der Waals surface area contributed by atoms with Gasteiger partial charge in [0.05, 0.1) is 6.61 Å². The van der Waals surface area contributed by atoms with Crippen LogP contribution in [-0.4, -0.2) is 49.5 Å². The Labute approximate surface area is 124 Å². The first-order chi connectivity index (χ1) is 10.1. The zero-order valence-electron chi connectivity index (χ0n) is 12.5. The second kappa shape index (κ2) is 7.22. The lowest BCUT2D eigenvalue weighted by Crippen LogP contribution is -2.38. The number of Topliss-reactive ketones (excluding diaryl/α,β-unsaturated/α-hetero) is 1. The normalized spacial score (nSPS) is 19.0. The molecule has 114 valence electrons. The van der Waals surface area contributed by atoms with Crippen molar-refractivity contribution in [1.82, 2.24) is 4.90 Å². The molecule has 1 fully saturated rings. The maximum absolute atomic E-state index is 11.8. The predicted octanol–water partition coefficient (Wildman–Crippen LogP) is 1.91. The van der Waals surface area contributed by atoms with Crippen LogP contribution in [0.3, 0.4) is 0 Å². The van der Waals surface area contributed by atoms with Crippen molar-refractivity contribution in [2.75, 3.05) is 26.7 Å². The molecule has 1 atom stereocenters. The van der Waals surface area contributed by atoms with E-state index in [1.165, 1.54) is 0 Å². The molecular weight excluding hydrogens is 270 g/mol. The minimum absolute atomic E-state index is 0.176. The highest BCUT2D eigenvalue weighted by atomic mass is 16.5. The highest BCUT2D eigenvalue weighted by Gasteiger charge is 2.20. The Kier molecular flexibility index (Phi) is 5.33. The number of hydrogen-bond donors (Lipinski definition) is 0. The quantitative estimate of drug-likeness (QED) is 0.471. The maximum Gasteiger partial charge on any atom is 0.379 e. The van der Waals surface area contributed by atoms with Gasteiger partial charge in [0.15, 0.2) is 0 Å². The minimum atomic E-state index is -0.819. The number of nitrogens with zero attached hydrogens (tertiary/aromatic N) is 1. The highest BCUT2D eigenvalue weighted by molar-refractivity contribution is 6.40. The second-order valence-corrected chi connectivity index (χ2v) is 5.22. The largest absolute Gasteiger partial charge is 0.489 e. The molecule has 0 N–H and O–H groups in total. The van der Waals surface area contributed by atoms with E-state index in [0.29, 0.717) is 5.56 Å². The number of likely N-dealkylation sites (N-methyl/N-ethyl adjacent to an activating group) is 1. The van der Waals surface area contributed by atoms with Gasteiger partial charge in [-0.1, -0.05) is 0 Å². The molecule has 0 radical (unpaired) electrons. The zero-order valence-corrected chi connectivity index (χ0v) is 12.5. The number of likely N-dealkylation sites (tertiary alicyclic amines) is 1. The Morgan fingerprint density at radius 3 is 2.62 bits per heavy atom. The van der Waals surface area contributed by atoms with Gasteiger partial charge in [0.25, 0.3) is 5.78 Å². The molecule has 5 heteroatoms. The van der Waals surface area contributed by atoms with Crippen molar-refractivity contribution in [3.05, 3.63) is 29.8 Å². The molecule has 1 aromatic rings. The summed E-state index contributed by atoms with van der Waals surface area (Å²) in [6, 6.07) is 6.64. The molecule has 1 saturated heterocycles. The lowest BCUT2D eigenvalue weighted by Gasteiger charge is -2.30. The molecule has 21 heavy (non-hydrogen) atoms. The van der Waals surface area contributed by atoms with E-state index >= 15 is 0 Å². The maximum atomic E-state index is 11.8. The summed E-state index contributed by atoms with van der Waals surface area (Å²) in [6.45, 7) is 3.88.